The van der Waals surface area contributed by atoms with Gasteiger partial charge in [0.1, 0.15) is 0 Å². The summed E-state index contributed by atoms with van der Waals surface area (Å²) in [5.74, 6) is 0. The first kappa shape index (κ1) is 15.5. The summed E-state index contributed by atoms with van der Waals surface area (Å²) < 4.78 is 36.4. The van der Waals surface area contributed by atoms with Gasteiger partial charge in [0.2, 0.25) is 0 Å². The van der Waals surface area contributed by atoms with Crippen LogP contribution in [0.4, 0.5) is 12.9 Å². The van der Waals surface area contributed by atoms with Gasteiger partial charge in [0.25, 0.3) is 0 Å². The van der Waals surface area contributed by atoms with Gasteiger partial charge in [0, 0.05) is 9.37 Å². The fraction of sp³-hybridized carbons (Fsp3) is 0.143. The van der Waals surface area contributed by atoms with Crippen LogP contribution in [0.2, 0.25) is 0 Å². The van der Waals surface area contributed by atoms with Crippen molar-refractivity contribution in [2.45, 2.75) is 4.90 Å². The first-order valence-corrected chi connectivity index (χ1v) is 5.35. The number of rotatable bonds is 3. The number of benzene rings is 1. The topological polar surface area (TPSA) is 0 Å². The molecule has 0 N–H and O–H groups in total. The van der Waals surface area contributed by atoms with Gasteiger partial charge in [0.15, 0.2) is 0 Å². The van der Waals surface area contributed by atoms with E-state index in [1.165, 1.54) is 0 Å². The van der Waals surface area contributed by atoms with E-state index in [2.05, 4.69) is 15.9 Å². The largest absolute Gasteiger partial charge is 1.00 e. The van der Waals surface area contributed by atoms with Crippen LogP contribution in [0.15, 0.2) is 33.6 Å². The fourth-order valence-corrected chi connectivity index (χ4v) is 2.12. The minimum atomic E-state index is -4.70. The Kier molecular flexibility index (Phi) is 7.75. The standard InChI is InChI=1S/C7H6BBrF3S.K/c9-6-3-1-2-4-7(6)13-5-8(10,11)12;/h1-4H,5H2;/q-1;+1. The first-order valence-electron chi connectivity index (χ1n) is 3.57. The predicted molar refractivity (Wildman–Crippen MR) is 53.9 cm³/mol. The SMILES string of the molecule is F[B-](F)(F)CSc1ccccc1Br.[K+]. The Labute approximate surface area is 136 Å². The molecule has 0 unspecified atom stereocenters. The summed E-state index contributed by atoms with van der Waals surface area (Å²) in [6.07, 6.45) is 0. The second-order valence-electron chi connectivity index (χ2n) is 2.45. The summed E-state index contributed by atoms with van der Waals surface area (Å²) >= 11 is 3.99. The number of hydrogen-bond donors (Lipinski definition) is 0. The molecule has 14 heavy (non-hydrogen) atoms. The van der Waals surface area contributed by atoms with E-state index in [0.29, 0.717) is 9.37 Å². The van der Waals surface area contributed by atoms with E-state index in [0.717, 1.165) is 11.8 Å². The van der Waals surface area contributed by atoms with E-state index in [9.17, 15) is 12.9 Å². The third-order valence-electron chi connectivity index (χ3n) is 1.26. The zero-order valence-electron chi connectivity index (χ0n) is 7.51. The zero-order valence-corrected chi connectivity index (χ0v) is 13.0. The van der Waals surface area contributed by atoms with Crippen LogP contribution >= 0.6 is 27.7 Å². The summed E-state index contributed by atoms with van der Waals surface area (Å²) in [7, 11) is 0. The molecule has 0 heterocycles. The molecule has 0 amide bonds. The summed E-state index contributed by atoms with van der Waals surface area (Å²) in [5.41, 5.74) is -0.789. The van der Waals surface area contributed by atoms with Crippen LogP contribution < -0.4 is 51.4 Å². The second kappa shape index (κ2) is 6.98. The Morgan fingerprint density at radius 2 is 1.79 bits per heavy atom. The number of halogens is 4. The van der Waals surface area contributed by atoms with Gasteiger partial charge in [-0.3, -0.25) is 0 Å². The molecule has 0 radical (unpaired) electrons. The Morgan fingerprint density at radius 3 is 2.29 bits per heavy atom. The van der Waals surface area contributed by atoms with Gasteiger partial charge in [-0.2, -0.15) is 11.8 Å². The van der Waals surface area contributed by atoms with Crippen molar-refractivity contribution in [2.75, 3.05) is 5.65 Å². The average molecular weight is 309 g/mol. The fourth-order valence-electron chi connectivity index (χ4n) is 0.746. The first-order chi connectivity index (χ1) is 5.99. The molecule has 0 fully saturated rings. The van der Waals surface area contributed by atoms with E-state index in [1.807, 2.05) is 0 Å². The van der Waals surface area contributed by atoms with Gasteiger partial charge in [-0.05, 0) is 33.7 Å². The molecule has 1 rings (SSSR count). The molecule has 0 spiro atoms. The van der Waals surface area contributed by atoms with E-state index in [4.69, 9.17) is 0 Å². The molecular weight excluding hydrogens is 303 g/mol. The zero-order chi connectivity index (χ0) is 9.90. The summed E-state index contributed by atoms with van der Waals surface area (Å²) in [6, 6.07) is 6.88. The van der Waals surface area contributed by atoms with Crippen LogP contribution in [0, 0.1) is 0 Å². The molecule has 1 aromatic rings. The molecule has 1 aromatic carbocycles. The smallest absolute Gasteiger partial charge is 0.448 e. The van der Waals surface area contributed by atoms with Crippen LogP contribution in [-0.4, -0.2) is 12.6 Å². The quantitative estimate of drug-likeness (QED) is 0.591. The van der Waals surface area contributed by atoms with Gasteiger partial charge in [0.05, 0.1) is 0 Å². The van der Waals surface area contributed by atoms with Crippen LogP contribution in [0.1, 0.15) is 0 Å². The van der Waals surface area contributed by atoms with E-state index >= 15 is 0 Å². The van der Waals surface area contributed by atoms with Crippen molar-refractivity contribution in [1.29, 1.82) is 0 Å². The minimum Gasteiger partial charge on any atom is -0.448 e. The average Bonchev–Trinajstić information content (AvgIpc) is 2.01. The van der Waals surface area contributed by atoms with Gasteiger partial charge >= 0.3 is 58.4 Å². The van der Waals surface area contributed by atoms with Crippen molar-refractivity contribution < 1.29 is 64.3 Å². The molecule has 0 aliphatic carbocycles. The van der Waals surface area contributed by atoms with Crippen molar-refractivity contribution in [3.63, 3.8) is 0 Å². The molecule has 72 valence electrons. The molecular formula is C7H6BBrF3KS. The molecule has 0 nitrogen and oxygen atoms in total. The molecule has 0 aliphatic rings. The predicted octanol–water partition coefficient (Wildman–Crippen LogP) is 0.932. The van der Waals surface area contributed by atoms with Gasteiger partial charge in [-0.25, -0.2) is 0 Å². The Morgan fingerprint density at radius 1 is 1.21 bits per heavy atom. The minimum absolute atomic E-state index is 0. The monoisotopic (exact) mass is 308 g/mol. The van der Waals surface area contributed by atoms with Crippen molar-refractivity contribution in [3.05, 3.63) is 28.7 Å². The third kappa shape index (κ3) is 6.20. The molecule has 0 aliphatic heterocycles. The Balaban J connectivity index is 0.00000169. The van der Waals surface area contributed by atoms with Crippen molar-refractivity contribution in [3.8, 4) is 0 Å². The maximum Gasteiger partial charge on any atom is 1.00 e. The van der Waals surface area contributed by atoms with Crippen LogP contribution in [0.3, 0.4) is 0 Å². The van der Waals surface area contributed by atoms with E-state index in [1.54, 1.807) is 24.3 Å². The van der Waals surface area contributed by atoms with E-state index < -0.39 is 12.6 Å². The Hall–Kier alpha value is 1.54. The summed E-state index contributed by atoms with van der Waals surface area (Å²) in [4.78, 5) is 0.627. The van der Waals surface area contributed by atoms with Crippen LogP contribution in [0.25, 0.3) is 0 Å². The van der Waals surface area contributed by atoms with Crippen LogP contribution in [0.5, 0.6) is 0 Å². The second-order valence-corrected chi connectivity index (χ2v) is 4.37. The van der Waals surface area contributed by atoms with Crippen molar-refractivity contribution in [2.24, 2.45) is 0 Å². The molecule has 0 bridgehead atoms. The van der Waals surface area contributed by atoms with Crippen molar-refractivity contribution >= 4 is 34.7 Å². The van der Waals surface area contributed by atoms with Crippen molar-refractivity contribution in [1.82, 2.24) is 0 Å². The van der Waals surface area contributed by atoms with Gasteiger partial charge in [-0.1, -0.05) is 12.1 Å². The number of thioether (sulfide) groups is 1. The molecule has 7 heteroatoms. The van der Waals surface area contributed by atoms with E-state index in [-0.39, 0.29) is 51.4 Å². The van der Waals surface area contributed by atoms with Gasteiger partial charge < -0.3 is 12.9 Å². The molecule has 0 saturated carbocycles. The maximum absolute atomic E-state index is 11.9. The summed E-state index contributed by atoms with van der Waals surface area (Å²) in [5, 5.41) is 0. The third-order valence-corrected chi connectivity index (χ3v) is 3.43. The molecule has 0 aromatic heterocycles. The van der Waals surface area contributed by atoms with Crippen LogP contribution in [-0.2, 0) is 0 Å². The molecule has 0 saturated heterocycles. The maximum atomic E-state index is 11.9. The van der Waals surface area contributed by atoms with Gasteiger partial charge in [-0.15, -0.1) is 0 Å². The summed E-state index contributed by atoms with van der Waals surface area (Å²) in [6.45, 7) is -4.70. The Bertz CT molecular complexity index is 295. The number of hydrogen-bond acceptors (Lipinski definition) is 1. The molecule has 0 atom stereocenters. The normalized spacial score (nSPS) is 10.9.